The fourth-order valence-electron chi connectivity index (χ4n) is 2.42. The third-order valence-electron chi connectivity index (χ3n) is 3.71. The van der Waals surface area contributed by atoms with E-state index in [1.54, 1.807) is 25.1 Å². The molecule has 2 aromatic carbocycles. The van der Waals surface area contributed by atoms with Crippen LogP contribution < -0.4 is 4.72 Å². The number of esters is 1. The second-order valence-corrected chi connectivity index (χ2v) is 7.51. The first-order valence-electron chi connectivity index (χ1n) is 8.00. The van der Waals surface area contributed by atoms with Gasteiger partial charge in [-0.3, -0.25) is 4.79 Å². The quantitative estimate of drug-likeness (QED) is 0.638. The molecule has 0 unspecified atom stereocenters. The van der Waals surface area contributed by atoms with Crippen molar-refractivity contribution in [2.45, 2.75) is 24.8 Å². The molecule has 7 nitrogen and oxygen atoms in total. The van der Waals surface area contributed by atoms with Gasteiger partial charge in [0.25, 0.3) is 0 Å². The van der Waals surface area contributed by atoms with E-state index in [4.69, 9.17) is 9.26 Å². The van der Waals surface area contributed by atoms with E-state index in [0.29, 0.717) is 11.5 Å². The molecule has 3 rings (SSSR count). The van der Waals surface area contributed by atoms with Gasteiger partial charge in [-0.1, -0.05) is 35.5 Å². The third-order valence-corrected chi connectivity index (χ3v) is 5.17. The molecule has 26 heavy (non-hydrogen) atoms. The Morgan fingerprint density at radius 3 is 2.65 bits per heavy atom. The maximum atomic E-state index is 12.4. The Bertz CT molecular complexity index is 1030. The molecule has 0 saturated heterocycles. The van der Waals surface area contributed by atoms with Crippen LogP contribution in [0.4, 0.5) is 0 Å². The molecule has 0 aliphatic heterocycles. The molecule has 8 heteroatoms. The molecule has 3 aromatic rings. The second-order valence-electron chi connectivity index (χ2n) is 5.75. The summed E-state index contributed by atoms with van der Waals surface area (Å²) in [5.74, 6) is 0.103. The van der Waals surface area contributed by atoms with Crippen molar-refractivity contribution in [3.8, 4) is 0 Å². The van der Waals surface area contributed by atoms with Crippen molar-refractivity contribution in [3.63, 3.8) is 0 Å². The van der Waals surface area contributed by atoms with Crippen molar-refractivity contribution in [2.24, 2.45) is 0 Å². The summed E-state index contributed by atoms with van der Waals surface area (Å²) < 4.78 is 37.0. The number of ether oxygens (including phenoxy) is 1. The molecular weight excluding hydrogens is 356 g/mol. The van der Waals surface area contributed by atoms with Gasteiger partial charge in [-0.2, -0.15) is 0 Å². The number of nitrogens with one attached hydrogen (secondary N) is 1. The average Bonchev–Trinajstić information content (AvgIpc) is 3.05. The number of aromatic nitrogens is 1. The van der Waals surface area contributed by atoms with Crippen molar-refractivity contribution < 1.29 is 22.5 Å². The largest absolute Gasteiger partial charge is 0.459 e. The zero-order chi connectivity index (χ0) is 18.6. The lowest BCUT2D eigenvalue weighted by Gasteiger charge is -2.08. The van der Waals surface area contributed by atoms with Gasteiger partial charge in [-0.25, -0.2) is 13.1 Å². The zero-order valence-electron chi connectivity index (χ0n) is 14.1. The Kier molecular flexibility index (Phi) is 5.34. The zero-order valence-corrected chi connectivity index (χ0v) is 15.0. The van der Waals surface area contributed by atoms with Gasteiger partial charge in [0.2, 0.25) is 10.0 Å². The summed E-state index contributed by atoms with van der Waals surface area (Å²) in [5.41, 5.74) is 0.507. The summed E-state index contributed by atoms with van der Waals surface area (Å²) in [6.45, 7) is 1.68. The first-order chi connectivity index (χ1) is 12.4. The maximum Gasteiger partial charge on any atom is 0.307 e. The fraction of sp³-hybridized carbons (Fsp3) is 0.222. The number of hydrogen-bond donors (Lipinski definition) is 1. The van der Waals surface area contributed by atoms with Crippen LogP contribution in [0.25, 0.3) is 10.8 Å². The van der Waals surface area contributed by atoms with Crippen molar-refractivity contribution >= 4 is 26.8 Å². The minimum atomic E-state index is -3.70. The molecule has 136 valence electrons. The number of sulfonamides is 1. The molecule has 1 heterocycles. The van der Waals surface area contributed by atoms with Crippen LogP contribution in [-0.4, -0.2) is 26.1 Å². The highest BCUT2D eigenvalue weighted by Crippen LogP contribution is 2.18. The van der Waals surface area contributed by atoms with Gasteiger partial charge in [-0.05, 0) is 29.8 Å². The standard InChI is InChI=1S/C18H18N2O5S/c1-13-10-16(20-25-13)12-24-18(21)8-9-19-26(22,23)17-7-6-14-4-2-3-5-15(14)11-17/h2-7,10-11,19H,8-9,12H2,1H3. The minimum Gasteiger partial charge on any atom is -0.459 e. The summed E-state index contributed by atoms with van der Waals surface area (Å²) in [4.78, 5) is 11.9. The van der Waals surface area contributed by atoms with Crippen LogP contribution in [0.2, 0.25) is 0 Å². The van der Waals surface area contributed by atoms with Crippen molar-refractivity contribution in [3.05, 3.63) is 60.0 Å². The lowest BCUT2D eigenvalue weighted by molar-refractivity contribution is -0.144. The van der Waals surface area contributed by atoms with Crippen LogP contribution in [0.3, 0.4) is 0 Å². The van der Waals surface area contributed by atoms with E-state index in [1.165, 1.54) is 6.07 Å². The Balaban J connectivity index is 1.53. The Morgan fingerprint density at radius 2 is 1.92 bits per heavy atom. The van der Waals surface area contributed by atoms with Gasteiger partial charge in [0.1, 0.15) is 18.1 Å². The predicted octanol–water partition coefficient (Wildman–Crippen LogP) is 2.55. The lowest BCUT2D eigenvalue weighted by atomic mass is 10.1. The third kappa shape index (κ3) is 4.47. The van der Waals surface area contributed by atoms with Gasteiger partial charge in [0.15, 0.2) is 0 Å². The molecule has 0 fully saturated rings. The van der Waals surface area contributed by atoms with E-state index in [1.807, 2.05) is 24.3 Å². The summed E-state index contributed by atoms with van der Waals surface area (Å²) in [7, 11) is -3.70. The molecule has 0 aliphatic carbocycles. The fourth-order valence-corrected chi connectivity index (χ4v) is 3.48. The van der Waals surface area contributed by atoms with Crippen LogP contribution in [0, 0.1) is 6.92 Å². The minimum absolute atomic E-state index is 0.00635. The van der Waals surface area contributed by atoms with Gasteiger partial charge in [0, 0.05) is 12.6 Å². The normalized spacial score (nSPS) is 11.6. The van der Waals surface area contributed by atoms with Crippen LogP contribution in [0.5, 0.6) is 0 Å². The van der Waals surface area contributed by atoms with E-state index in [-0.39, 0.29) is 24.5 Å². The summed E-state index contributed by atoms with van der Waals surface area (Å²) >= 11 is 0. The first kappa shape index (κ1) is 18.1. The first-order valence-corrected chi connectivity index (χ1v) is 9.49. The van der Waals surface area contributed by atoms with E-state index >= 15 is 0 Å². The second kappa shape index (κ2) is 7.67. The van der Waals surface area contributed by atoms with Crippen LogP contribution in [0.15, 0.2) is 57.9 Å². The number of rotatable bonds is 7. The number of carbonyl (C=O) groups excluding carboxylic acids is 1. The molecule has 0 atom stereocenters. The highest BCUT2D eigenvalue weighted by molar-refractivity contribution is 7.89. The van der Waals surface area contributed by atoms with Crippen LogP contribution >= 0.6 is 0 Å². The highest BCUT2D eigenvalue weighted by atomic mass is 32.2. The predicted molar refractivity (Wildman–Crippen MR) is 94.8 cm³/mol. The number of benzene rings is 2. The lowest BCUT2D eigenvalue weighted by Crippen LogP contribution is -2.26. The number of carbonyl (C=O) groups is 1. The summed E-state index contributed by atoms with van der Waals surface area (Å²) in [5, 5.41) is 5.50. The van der Waals surface area contributed by atoms with Gasteiger partial charge >= 0.3 is 5.97 Å². The molecule has 0 amide bonds. The summed E-state index contributed by atoms with van der Waals surface area (Å²) in [6.07, 6.45) is -0.0797. The molecular formula is C18H18N2O5S. The average molecular weight is 374 g/mol. The highest BCUT2D eigenvalue weighted by Gasteiger charge is 2.15. The van der Waals surface area contributed by atoms with E-state index in [2.05, 4.69) is 9.88 Å². The Labute approximate surface area is 151 Å². The van der Waals surface area contributed by atoms with E-state index in [0.717, 1.165) is 10.8 Å². The Hall–Kier alpha value is -2.71. The monoisotopic (exact) mass is 374 g/mol. The molecule has 0 radical (unpaired) electrons. The van der Waals surface area contributed by atoms with Crippen LogP contribution in [0.1, 0.15) is 17.9 Å². The van der Waals surface area contributed by atoms with Gasteiger partial charge < -0.3 is 9.26 Å². The number of nitrogens with zero attached hydrogens (tertiary/aromatic N) is 1. The number of fused-ring (bicyclic) bond motifs is 1. The van der Waals surface area contributed by atoms with Crippen molar-refractivity contribution in [1.82, 2.24) is 9.88 Å². The van der Waals surface area contributed by atoms with Gasteiger partial charge in [-0.15, -0.1) is 0 Å². The Morgan fingerprint density at radius 1 is 1.15 bits per heavy atom. The van der Waals surface area contributed by atoms with Gasteiger partial charge in [0.05, 0.1) is 11.3 Å². The van der Waals surface area contributed by atoms with Crippen molar-refractivity contribution in [1.29, 1.82) is 0 Å². The molecule has 1 aromatic heterocycles. The number of hydrogen-bond acceptors (Lipinski definition) is 6. The van der Waals surface area contributed by atoms with E-state index in [9.17, 15) is 13.2 Å². The molecule has 0 spiro atoms. The smallest absolute Gasteiger partial charge is 0.307 e. The van der Waals surface area contributed by atoms with Crippen LogP contribution in [-0.2, 0) is 26.2 Å². The van der Waals surface area contributed by atoms with Crippen molar-refractivity contribution in [2.75, 3.05) is 6.54 Å². The maximum absolute atomic E-state index is 12.4. The molecule has 0 bridgehead atoms. The van der Waals surface area contributed by atoms with E-state index < -0.39 is 16.0 Å². The molecule has 0 aliphatic rings. The molecule has 1 N–H and O–H groups in total. The molecule has 0 saturated carbocycles. The number of aryl methyl sites for hydroxylation is 1. The SMILES string of the molecule is Cc1cc(COC(=O)CCNS(=O)(=O)c2ccc3ccccc3c2)no1. The topological polar surface area (TPSA) is 98.5 Å². The summed E-state index contributed by atoms with van der Waals surface area (Å²) in [6, 6.07) is 14.0.